The Labute approximate surface area is 143 Å². The van der Waals surface area contributed by atoms with Crippen LogP contribution in [0.15, 0.2) is 23.0 Å². The second-order valence-corrected chi connectivity index (χ2v) is 6.99. The molecule has 1 unspecified atom stereocenters. The van der Waals surface area contributed by atoms with Gasteiger partial charge in [0.1, 0.15) is 12.3 Å². The molecule has 1 saturated carbocycles. The van der Waals surface area contributed by atoms with Crippen molar-refractivity contribution in [2.24, 2.45) is 0 Å². The molecule has 0 amide bonds. The highest BCUT2D eigenvalue weighted by Gasteiger charge is 2.25. The molecule has 1 aliphatic rings. The van der Waals surface area contributed by atoms with Crippen LogP contribution in [-0.4, -0.2) is 24.7 Å². The van der Waals surface area contributed by atoms with Crippen molar-refractivity contribution in [1.29, 1.82) is 0 Å². The van der Waals surface area contributed by atoms with Crippen LogP contribution in [0.3, 0.4) is 0 Å². The van der Waals surface area contributed by atoms with Gasteiger partial charge >= 0.3 is 0 Å². The number of fused-ring (bicyclic) bond motifs is 1. The molecule has 0 aliphatic heterocycles. The monoisotopic (exact) mass is 329 g/mol. The minimum Gasteiger partial charge on any atom is -0.497 e. The highest BCUT2D eigenvalue weighted by molar-refractivity contribution is 5.81. The average Bonchev–Trinajstić information content (AvgIpc) is 2.62. The van der Waals surface area contributed by atoms with Gasteiger partial charge in [0.2, 0.25) is 0 Å². The van der Waals surface area contributed by atoms with Gasteiger partial charge in [-0.05, 0) is 57.7 Å². The number of pyridine rings is 1. The molecule has 130 valence electrons. The molecule has 1 heterocycles. The number of hydrogen-bond acceptors (Lipinski definition) is 2. The quantitative estimate of drug-likeness (QED) is 0.886. The van der Waals surface area contributed by atoms with Crippen molar-refractivity contribution in [2.45, 2.75) is 58.5 Å². The molecule has 2 N–H and O–H groups in total. The zero-order valence-electron chi connectivity index (χ0n) is 15.1. The van der Waals surface area contributed by atoms with Crippen molar-refractivity contribution in [1.82, 2.24) is 4.98 Å². The lowest BCUT2D eigenvalue weighted by Crippen LogP contribution is -3.14. The number of H-pyrrole nitrogens is 1. The summed E-state index contributed by atoms with van der Waals surface area (Å²) in [4.78, 5) is 18.0. The lowest BCUT2D eigenvalue weighted by Gasteiger charge is -2.30. The molecule has 1 fully saturated rings. The van der Waals surface area contributed by atoms with Crippen LogP contribution in [0.1, 0.15) is 50.3 Å². The molecule has 0 bridgehead atoms. The van der Waals surface area contributed by atoms with Gasteiger partial charge in [-0.3, -0.25) is 4.79 Å². The van der Waals surface area contributed by atoms with E-state index >= 15 is 0 Å². The fraction of sp³-hybridized carbons (Fsp3) is 0.550. The molecule has 1 aliphatic carbocycles. The molecular weight excluding hydrogens is 300 g/mol. The third-order valence-electron chi connectivity index (χ3n) is 5.56. The fourth-order valence-electron chi connectivity index (χ4n) is 4.07. The van der Waals surface area contributed by atoms with E-state index in [9.17, 15) is 4.79 Å². The van der Waals surface area contributed by atoms with E-state index in [-0.39, 0.29) is 5.43 Å². The second-order valence-electron chi connectivity index (χ2n) is 6.99. The number of ether oxygens (including phenoxy) is 1. The van der Waals surface area contributed by atoms with Crippen LogP contribution in [0.2, 0.25) is 0 Å². The first-order valence-electron chi connectivity index (χ1n) is 9.18. The van der Waals surface area contributed by atoms with Gasteiger partial charge in [0.05, 0.1) is 25.3 Å². The smallest absolute Gasteiger partial charge is 0.198 e. The van der Waals surface area contributed by atoms with E-state index in [0.29, 0.717) is 6.04 Å². The third-order valence-corrected chi connectivity index (χ3v) is 5.56. The topological polar surface area (TPSA) is 46.5 Å². The summed E-state index contributed by atoms with van der Waals surface area (Å²) in [5.74, 6) is 0.731. The van der Waals surface area contributed by atoms with Gasteiger partial charge in [0, 0.05) is 16.6 Å². The van der Waals surface area contributed by atoms with E-state index in [4.69, 9.17) is 4.74 Å². The van der Waals surface area contributed by atoms with Gasteiger partial charge in [-0.1, -0.05) is 6.42 Å². The number of quaternary nitrogens is 1. The SMILES string of the molecule is CC[NH+](Cc1c(C)[nH]c2ccc(OC)cc2c1=O)C1CCCCC1. The Morgan fingerprint density at radius 3 is 2.67 bits per heavy atom. The summed E-state index contributed by atoms with van der Waals surface area (Å²) < 4.78 is 5.29. The van der Waals surface area contributed by atoms with Crippen LogP contribution in [0.5, 0.6) is 5.75 Å². The van der Waals surface area contributed by atoms with Crippen LogP contribution in [0.25, 0.3) is 10.9 Å². The van der Waals surface area contributed by atoms with Gasteiger partial charge in [-0.25, -0.2) is 0 Å². The zero-order valence-corrected chi connectivity index (χ0v) is 15.1. The molecule has 0 saturated heterocycles. The summed E-state index contributed by atoms with van der Waals surface area (Å²) in [5.41, 5.74) is 2.97. The number of nitrogens with one attached hydrogen (secondary N) is 2. The number of aromatic amines is 1. The minimum absolute atomic E-state index is 0.155. The Morgan fingerprint density at radius 1 is 1.25 bits per heavy atom. The van der Waals surface area contributed by atoms with Crippen molar-refractivity contribution < 1.29 is 9.64 Å². The number of rotatable bonds is 5. The normalized spacial score (nSPS) is 17.1. The zero-order chi connectivity index (χ0) is 17.1. The van der Waals surface area contributed by atoms with Crippen LogP contribution in [0.4, 0.5) is 0 Å². The van der Waals surface area contributed by atoms with E-state index in [1.54, 1.807) is 12.0 Å². The van der Waals surface area contributed by atoms with Crippen LogP contribution in [-0.2, 0) is 6.54 Å². The van der Waals surface area contributed by atoms with Gasteiger partial charge in [0.25, 0.3) is 0 Å². The minimum atomic E-state index is 0.155. The van der Waals surface area contributed by atoms with Crippen molar-refractivity contribution >= 4 is 10.9 Å². The first kappa shape index (κ1) is 17.0. The predicted octanol–water partition coefficient (Wildman–Crippen LogP) is 2.58. The molecule has 4 nitrogen and oxygen atoms in total. The van der Waals surface area contributed by atoms with Gasteiger partial charge < -0.3 is 14.6 Å². The highest BCUT2D eigenvalue weighted by atomic mass is 16.5. The van der Waals surface area contributed by atoms with Gasteiger partial charge in [-0.2, -0.15) is 0 Å². The number of aryl methyl sites for hydroxylation is 1. The molecule has 1 aromatic heterocycles. The standard InChI is InChI=1S/C20H28N2O2/c1-4-22(15-8-6-5-7-9-15)13-18-14(2)21-19-11-10-16(24-3)12-17(19)20(18)23/h10-12,15H,4-9,13H2,1-3H3,(H,21,23)/p+1. The summed E-state index contributed by atoms with van der Waals surface area (Å²) in [5, 5.41) is 0.731. The predicted molar refractivity (Wildman–Crippen MR) is 97.9 cm³/mol. The third kappa shape index (κ3) is 3.34. The Hall–Kier alpha value is -1.81. The summed E-state index contributed by atoms with van der Waals surface area (Å²) >= 11 is 0. The Morgan fingerprint density at radius 2 is 2.00 bits per heavy atom. The number of hydrogen-bond donors (Lipinski definition) is 2. The van der Waals surface area contributed by atoms with Gasteiger partial charge in [0.15, 0.2) is 5.43 Å². The highest BCUT2D eigenvalue weighted by Crippen LogP contribution is 2.19. The van der Waals surface area contributed by atoms with Crippen molar-refractivity contribution in [3.63, 3.8) is 0 Å². The van der Waals surface area contributed by atoms with Crippen molar-refractivity contribution in [3.8, 4) is 5.75 Å². The molecule has 24 heavy (non-hydrogen) atoms. The molecule has 4 heteroatoms. The molecule has 0 radical (unpaired) electrons. The van der Waals surface area contributed by atoms with E-state index in [1.807, 2.05) is 25.1 Å². The second kappa shape index (κ2) is 7.39. The molecular formula is C20H29N2O2+. The lowest BCUT2D eigenvalue weighted by molar-refractivity contribution is -0.938. The maximum absolute atomic E-state index is 13.1. The molecule has 1 aromatic carbocycles. The van der Waals surface area contributed by atoms with Crippen LogP contribution in [0, 0.1) is 6.92 Å². The van der Waals surface area contributed by atoms with E-state index in [1.165, 1.54) is 32.1 Å². The van der Waals surface area contributed by atoms with Crippen molar-refractivity contribution in [2.75, 3.05) is 13.7 Å². The Balaban J connectivity index is 1.96. The maximum Gasteiger partial charge on any atom is 0.198 e. The average molecular weight is 329 g/mol. The number of methoxy groups -OCH3 is 1. The van der Waals surface area contributed by atoms with Crippen molar-refractivity contribution in [3.05, 3.63) is 39.7 Å². The molecule has 2 aromatic rings. The largest absolute Gasteiger partial charge is 0.497 e. The van der Waals surface area contributed by atoms with E-state index in [2.05, 4.69) is 11.9 Å². The van der Waals surface area contributed by atoms with Gasteiger partial charge in [-0.15, -0.1) is 0 Å². The Kier molecular flexibility index (Phi) is 5.24. The molecule has 1 atom stereocenters. The number of aromatic nitrogens is 1. The van der Waals surface area contributed by atoms with Crippen LogP contribution >= 0.6 is 0 Å². The summed E-state index contributed by atoms with van der Waals surface area (Å²) in [6, 6.07) is 6.37. The van der Waals surface area contributed by atoms with Crippen LogP contribution < -0.4 is 15.1 Å². The van der Waals surface area contributed by atoms with E-state index < -0.39 is 0 Å². The number of benzene rings is 1. The molecule has 3 rings (SSSR count). The molecule has 0 spiro atoms. The fourth-order valence-corrected chi connectivity index (χ4v) is 4.07. The summed E-state index contributed by atoms with van der Waals surface area (Å²) in [6.07, 6.45) is 6.61. The first-order valence-corrected chi connectivity index (χ1v) is 9.18. The summed E-state index contributed by atoms with van der Waals surface area (Å²) in [6.45, 7) is 6.14. The maximum atomic E-state index is 13.1. The summed E-state index contributed by atoms with van der Waals surface area (Å²) in [7, 11) is 1.64. The van der Waals surface area contributed by atoms with E-state index in [0.717, 1.165) is 41.0 Å². The lowest BCUT2D eigenvalue weighted by atomic mass is 9.93. The first-order chi connectivity index (χ1) is 11.6. The Bertz CT molecular complexity index is 760.